The van der Waals surface area contributed by atoms with Gasteiger partial charge in [0.2, 0.25) is 0 Å². The van der Waals surface area contributed by atoms with Crippen molar-refractivity contribution in [3.8, 4) is 0 Å². The number of aryl methyl sites for hydroxylation is 2. The van der Waals surface area contributed by atoms with Gasteiger partial charge in [-0.15, -0.1) is 11.3 Å². The summed E-state index contributed by atoms with van der Waals surface area (Å²) in [4.78, 5) is 43.3. The molecule has 1 atom stereocenters. The summed E-state index contributed by atoms with van der Waals surface area (Å²) in [6.07, 6.45) is 0. The van der Waals surface area contributed by atoms with E-state index in [2.05, 4.69) is 4.98 Å². The highest BCUT2D eigenvalue weighted by Crippen LogP contribution is 2.44. The van der Waals surface area contributed by atoms with Crippen LogP contribution in [0, 0.1) is 24.0 Å². The molecule has 3 aromatic rings. The van der Waals surface area contributed by atoms with E-state index in [1.165, 1.54) is 34.4 Å². The number of benzene rings is 2. The molecule has 9 heteroatoms. The fourth-order valence-corrected chi connectivity index (χ4v) is 4.40. The van der Waals surface area contributed by atoms with Gasteiger partial charge in [-0.2, -0.15) is 0 Å². The average Bonchev–Trinajstić information content (AvgIpc) is 3.23. The number of anilines is 1. The summed E-state index contributed by atoms with van der Waals surface area (Å²) in [5.74, 6) is -2.06. The molecule has 0 spiro atoms. The number of amides is 1. The van der Waals surface area contributed by atoms with Crippen LogP contribution in [0.1, 0.15) is 27.7 Å². The quantitative estimate of drug-likeness (QED) is 0.215. The highest BCUT2D eigenvalue weighted by Gasteiger charge is 2.48. The van der Waals surface area contributed by atoms with E-state index < -0.39 is 22.7 Å². The first-order chi connectivity index (χ1) is 14.8. The number of hydrogen-bond acceptors (Lipinski definition) is 7. The Kier molecular flexibility index (Phi) is 5.12. The lowest BCUT2D eigenvalue weighted by Gasteiger charge is -2.22. The predicted octanol–water partition coefficient (Wildman–Crippen LogP) is 4.29. The molecule has 1 aliphatic heterocycles. The van der Waals surface area contributed by atoms with E-state index in [0.717, 1.165) is 4.88 Å². The Morgan fingerprint density at radius 3 is 2.45 bits per heavy atom. The van der Waals surface area contributed by atoms with E-state index in [-0.39, 0.29) is 17.0 Å². The largest absolute Gasteiger partial charge is 0.507 e. The number of carbonyl (C=O) groups is 2. The lowest BCUT2D eigenvalue weighted by atomic mass is 9.95. The summed E-state index contributed by atoms with van der Waals surface area (Å²) >= 11 is 1.24. The van der Waals surface area contributed by atoms with Crippen molar-refractivity contribution in [3.05, 3.63) is 92.0 Å². The van der Waals surface area contributed by atoms with Crippen molar-refractivity contribution in [3.63, 3.8) is 0 Å². The third-order valence-electron chi connectivity index (χ3n) is 5.11. The second kappa shape index (κ2) is 7.77. The fraction of sp³-hybridized carbons (Fsp3) is 0.136. The third-order valence-corrected chi connectivity index (χ3v) is 6.18. The van der Waals surface area contributed by atoms with Crippen molar-refractivity contribution in [2.75, 3.05) is 4.90 Å². The second-order valence-electron chi connectivity index (χ2n) is 7.03. The van der Waals surface area contributed by atoms with Crippen LogP contribution in [0.25, 0.3) is 5.76 Å². The van der Waals surface area contributed by atoms with E-state index >= 15 is 0 Å². The minimum atomic E-state index is -1.05. The van der Waals surface area contributed by atoms with Crippen molar-refractivity contribution in [2.24, 2.45) is 0 Å². The molecule has 31 heavy (non-hydrogen) atoms. The lowest BCUT2D eigenvalue weighted by Crippen LogP contribution is -2.29. The van der Waals surface area contributed by atoms with E-state index in [0.29, 0.717) is 22.0 Å². The maximum atomic E-state index is 13.0. The van der Waals surface area contributed by atoms with Gasteiger partial charge in [0.25, 0.3) is 11.5 Å². The number of hydrogen-bond donors (Lipinski definition) is 1. The van der Waals surface area contributed by atoms with E-state index in [9.17, 15) is 24.8 Å². The predicted molar refractivity (Wildman–Crippen MR) is 116 cm³/mol. The summed E-state index contributed by atoms with van der Waals surface area (Å²) in [6.45, 7) is 3.64. The molecule has 0 unspecified atom stereocenters. The third kappa shape index (κ3) is 3.49. The molecule has 1 saturated heterocycles. The number of ketones is 1. The van der Waals surface area contributed by atoms with Crippen LogP contribution in [0.2, 0.25) is 0 Å². The molecule has 0 bridgehead atoms. The molecule has 0 aliphatic carbocycles. The van der Waals surface area contributed by atoms with Crippen LogP contribution >= 0.6 is 11.3 Å². The first kappa shape index (κ1) is 20.4. The summed E-state index contributed by atoms with van der Waals surface area (Å²) in [5, 5.41) is 22.6. The Balaban J connectivity index is 1.98. The van der Waals surface area contributed by atoms with Crippen molar-refractivity contribution >= 4 is 39.6 Å². The summed E-state index contributed by atoms with van der Waals surface area (Å²) < 4.78 is 0. The van der Waals surface area contributed by atoms with E-state index in [4.69, 9.17) is 0 Å². The first-order valence-corrected chi connectivity index (χ1v) is 10.2. The van der Waals surface area contributed by atoms with Gasteiger partial charge in [-0.05, 0) is 19.4 Å². The van der Waals surface area contributed by atoms with E-state index in [1.54, 1.807) is 43.3 Å². The Morgan fingerprint density at radius 2 is 1.84 bits per heavy atom. The molecule has 1 N–H and O–H groups in total. The van der Waals surface area contributed by atoms with E-state index in [1.807, 2.05) is 6.92 Å². The molecule has 1 amide bonds. The topological polar surface area (TPSA) is 114 Å². The summed E-state index contributed by atoms with van der Waals surface area (Å²) in [7, 11) is 0. The number of non-ortho nitro benzene ring substituents is 1. The van der Waals surface area contributed by atoms with Gasteiger partial charge in [-0.25, -0.2) is 4.98 Å². The first-order valence-electron chi connectivity index (χ1n) is 9.34. The van der Waals surface area contributed by atoms with Gasteiger partial charge >= 0.3 is 5.91 Å². The van der Waals surface area contributed by atoms with Crippen molar-refractivity contribution < 1.29 is 19.6 Å². The fourth-order valence-electron chi connectivity index (χ4n) is 3.46. The summed E-state index contributed by atoms with van der Waals surface area (Å²) in [6, 6.07) is 13.0. The average molecular weight is 435 g/mol. The number of nitrogens with zero attached hydrogens (tertiary/aromatic N) is 3. The smallest absolute Gasteiger partial charge is 0.301 e. The molecule has 156 valence electrons. The van der Waals surface area contributed by atoms with Crippen LogP contribution < -0.4 is 4.90 Å². The molecule has 2 heterocycles. The number of aliphatic hydroxyl groups excluding tert-OH is 1. The Labute approximate surface area is 181 Å². The lowest BCUT2D eigenvalue weighted by molar-refractivity contribution is -0.384. The molecule has 4 rings (SSSR count). The van der Waals surface area contributed by atoms with Gasteiger partial charge in [0.1, 0.15) is 5.76 Å². The van der Waals surface area contributed by atoms with Crippen LogP contribution in [0.15, 0.2) is 60.2 Å². The van der Waals surface area contributed by atoms with Gasteiger partial charge < -0.3 is 5.11 Å². The van der Waals surface area contributed by atoms with Gasteiger partial charge in [-0.3, -0.25) is 24.6 Å². The van der Waals surface area contributed by atoms with Crippen molar-refractivity contribution in [2.45, 2.75) is 19.9 Å². The molecular weight excluding hydrogens is 418 g/mol. The molecule has 0 radical (unpaired) electrons. The number of Topliss-reactive ketones (excluding diaryl/α,β-unsaturated/α-hetero) is 1. The SMILES string of the molecule is Cc1nc(N2C(=O)C(=O)C(=C(O)c3ccccc3)[C@@H]2c2cccc([N+](=O)[O-])c2)sc1C. The molecular formula is C22H17N3O5S. The number of nitro groups is 1. The highest BCUT2D eigenvalue weighted by molar-refractivity contribution is 7.16. The van der Waals surface area contributed by atoms with Gasteiger partial charge in [0, 0.05) is 22.6 Å². The molecule has 1 aromatic heterocycles. The van der Waals surface area contributed by atoms with Crippen LogP contribution in [-0.2, 0) is 9.59 Å². The van der Waals surface area contributed by atoms with Crippen LogP contribution in [0.3, 0.4) is 0 Å². The number of aromatic nitrogens is 1. The number of aliphatic hydroxyl groups is 1. The van der Waals surface area contributed by atoms with Crippen LogP contribution in [0.4, 0.5) is 10.8 Å². The highest BCUT2D eigenvalue weighted by atomic mass is 32.1. The zero-order valence-electron chi connectivity index (χ0n) is 16.6. The number of thiazole rings is 1. The monoisotopic (exact) mass is 435 g/mol. The molecule has 2 aromatic carbocycles. The molecule has 1 aliphatic rings. The number of rotatable bonds is 4. The molecule has 1 fully saturated rings. The summed E-state index contributed by atoms with van der Waals surface area (Å²) in [5.41, 5.74) is 1.08. The standard InChI is InChI=1S/C22H17N3O5S/c1-12-13(2)31-22(23-12)24-18(15-9-6-10-16(11-15)25(29)30)17(20(27)21(24)28)19(26)14-7-4-3-5-8-14/h3-11,18,26H,1-2H3/t18-/m0/s1. The van der Waals surface area contributed by atoms with Crippen molar-refractivity contribution in [1.82, 2.24) is 4.98 Å². The van der Waals surface area contributed by atoms with Crippen LogP contribution in [-0.4, -0.2) is 26.7 Å². The molecule has 0 saturated carbocycles. The van der Waals surface area contributed by atoms with Gasteiger partial charge in [0.05, 0.1) is 22.2 Å². The van der Waals surface area contributed by atoms with Gasteiger partial charge in [0.15, 0.2) is 5.13 Å². The Hall–Kier alpha value is -3.85. The minimum absolute atomic E-state index is 0.137. The molecule has 8 nitrogen and oxygen atoms in total. The second-order valence-corrected chi connectivity index (χ2v) is 8.21. The zero-order valence-corrected chi connectivity index (χ0v) is 17.4. The number of nitro benzene ring substituents is 1. The van der Waals surface area contributed by atoms with Gasteiger partial charge in [-0.1, -0.05) is 42.5 Å². The number of carbonyl (C=O) groups excluding carboxylic acids is 2. The Morgan fingerprint density at radius 1 is 1.13 bits per heavy atom. The maximum absolute atomic E-state index is 13.0. The minimum Gasteiger partial charge on any atom is -0.507 e. The Bertz CT molecular complexity index is 1230. The maximum Gasteiger partial charge on any atom is 0.301 e. The van der Waals surface area contributed by atoms with Crippen molar-refractivity contribution in [1.29, 1.82) is 0 Å². The van der Waals surface area contributed by atoms with Crippen LogP contribution in [0.5, 0.6) is 0 Å². The zero-order chi connectivity index (χ0) is 22.3. The normalized spacial score (nSPS) is 17.9.